The highest BCUT2D eigenvalue weighted by Gasteiger charge is 2.24. The van der Waals surface area contributed by atoms with Crippen molar-refractivity contribution in [1.82, 2.24) is 9.80 Å². The number of carbonyl (C=O) groups is 1. The molecule has 21 heavy (non-hydrogen) atoms. The first kappa shape index (κ1) is 16.0. The Labute approximate surface area is 126 Å². The second-order valence-corrected chi connectivity index (χ2v) is 5.73. The Kier molecular flexibility index (Phi) is 5.74. The molecule has 1 heterocycles. The van der Waals surface area contributed by atoms with Crippen LogP contribution in [0.25, 0.3) is 0 Å². The third kappa shape index (κ3) is 4.27. The van der Waals surface area contributed by atoms with Crippen molar-refractivity contribution in [1.29, 1.82) is 0 Å². The number of carbonyl (C=O) groups excluding carboxylic acids is 1. The number of amides is 1. The van der Waals surface area contributed by atoms with Crippen LogP contribution in [0.4, 0.5) is 4.39 Å². The second kappa shape index (κ2) is 7.55. The molecule has 0 unspecified atom stereocenters. The highest BCUT2D eigenvalue weighted by molar-refractivity contribution is 5.94. The molecule has 1 amide bonds. The van der Waals surface area contributed by atoms with E-state index < -0.39 is 0 Å². The molecule has 0 spiro atoms. The molecule has 1 aliphatic heterocycles. The van der Waals surface area contributed by atoms with Gasteiger partial charge in [-0.2, -0.15) is 0 Å². The van der Waals surface area contributed by atoms with Gasteiger partial charge in [0.2, 0.25) is 0 Å². The van der Waals surface area contributed by atoms with E-state index in [1.807, 2.05) is 4.90 Å². The van der Waals surface area contributed by atoms with Gasteiger partial charge in [-0.15, -0.1) is 0 Å². The van der Waals surface area contributed by atoms with Gasteiger partial charge < -0.3 is 9.80 Å². The van der Waals surface area contributed by atoms with Gasteiger partial charge in [0.1, 0.15) is 5.82 Å². The predicted octanol–water partition coefficient (Wildman–Crippen LogP) is 3.02. The van der Waals surface area contributed by atoms with Crippen LogP contribution < -0.4 is 0 Å². The SMILES string of the molecule is CCN(CC)CC1CCN(C(=O)c2ccc(F)cc2)CC1. The van der Waals surface area contributed by atoms with Crippen LogP contribution in [0, 0.1) is 11.7 Å². The molecule has 0 aromatic heterocycles. The Morgan fingerprint density at radius 1 is 1.19 bits per heavy atom. The summed E-state index contributed by atoms with van der Waals surface area (Å²) in [6, 6.07) is 5.83. The van der Waals surface area contributed by atoms with Crippen LogP contribution in [0.2, 0.25) is 0 Å². The zero-order valence-corrected chi connectivity index (χ0v) is 13.0. The van der Waals surface area contributed by atoms with Gasteiger partial charge in [0.25, 0.3) is 5.91 Å². The molecule has 4 heteroatoms. The summed E-state index contributed by atoms with van der Waals surface area (Å²) in [5.41, 5.74) is 0.582. The molecule has 0 bridgehead atoms. The van der Waals surface area contributed by atoms with Crippen LogP contribution in [-0.2, 0) is 0 Å². The normalized spacial score (nSPS) is 16.5. The topological polar surface area (TPSA) is 23.6 Å². The number of rotatable bonds is 5. The molecule has 2 rings (SSSR count). The molecule has 0 radical (unpaired) electrons. The summed E-state index contributed by atoms with van der Waals surface area (Å²) in [5, 5.41) is 0. The number of likely N-dealkylation sites (tertiary alicyclic amines) is 1. The van der Waals surface area contributed by atoms with Crippen molar-refractivity contribution in [2.75, 3.05) is 32.7 Å². The maximum Gasteiger partial charge on any atom is 0.253 e. The summed E-state index contributed by atoms with van der Waals surface area (Å²) in [6.45, 7) is 9.31. The van der Waals surface area contributed by atoms with E-state index in [1.165, 1.54) is 12.1 Å². The van der Waals surface area contributed by atoms with E-state index in [0.717, 1.165) is 45.6 Å². The van der Waals surface area contributed by atoms with E-state index in [4.69, 9.17) is 0 Å². The van der Waals surface area contributed by atoms with E-state index in [-0.39, 0.29) is 11.7 Å². The van der Waals surface area contributed by atoms with E-state index >= 15 is 0 Å². The smallest absolute Gasteiger partial charge is 0.253 e. The molecule has 0 aliphatic carbocycles. The molecule has 1 fully saturated rings. The largest absolute Gasteiger partial charge is 0.339 e. The van der Waals surface area contributed by atoms with Gasteiger partial charge in [0.05, 0.1) is 0 Å². The van der Waals surface area contributed by atoms with Gasteiger partial charge in [-0.25, -0.2) is 4.39 Å². The van der Waals surface area contributed by atoms with Crippen LogP contribution in [0.1, 0.15) is 37.0 Å². The van der Waals surface area contributed by atoms with Gasteiger partial charge in [-0.3, -0.25) is 4.79 Å². The Bertz CT molecular complexity index is 448. The first-order chi connectivity index (χ1) is 10.1. The number of piperidine rings is 1. The molecule has 1 saturated heterocycles. The first-order valence-electron chi connectivity index (χ1n) is 7.91. The summed E-state index contributed by atoms with van der Waals surface area (Å²) >= 11 is 0. The fourth-order valence-corrected chi connectivity index (χ4v) is 2.94. The quantitative estimate of drug-likeness (QED) is 0.833. The molecule has 0 N–H and O–H groups in total. The Morgan fingerprint density at radius 3 is 2.29 bits per heavy atom. The van der Waals surface area contributed by atoms with Crippen molar-refractivity contribution in [3.8, 4) is 0 Å². The molecule has 116 valence electrons. The fraction of sp³-hybridized carbons (Fsp3) is 0.588. The van der Waals surface area contributed by atoms with Crippen molar-refractivity contribution in [2.45, 2.75) is 26.7 Å². The van der Waals surface area contributed by atoms with Crippen molar-refractivity contribution in [3.05, 3.63) is 35.6 Å². The monoisotopic (exact) mass is 292 g/mol. The summed E-state index contributed by atoms with van der Waals surface area (Å²) in [6.07, 6.45) is 2.12. The van der Waals surface area contributed by atoms with E-state index in [0.29, 0.717) is 11.5 Å². The summed E-state index contributed by atoms with van der Waals surface area (Å²) in [4.78, 5) is 16.7. The van der Waals surface area contributed by atoms with Crippen molar-refractivity contribution in [2.24, 2.45) is 5.92 Å². The summed E-state index contributed by atoms with van der Waals surface area (Å²) < 4.78 is 12.9. The minimum Gasteiger partial charge on any atom is -0.339 e. The number of hydrogen-bond acceptors (Lipinski definition) is 2. The van der Waals surface area contributed by atoms with E-state index in [9.17, 15) is 9.18 Å². The number of benzene rings is 1. The van der Waals surface area contributed by atoms with Gasteiger partial charge in [-0.05, 0) is 56.1 Å². The standard InChI is InChI=1S/C17H25FN2O/c1-3-19(4-2)13-14-9-11-20(12-10-14)17(21)15-5-7-16(18)8-6-15/h5-8,14H,3-4,9-13H2,1-2H3. The molecule has 0 atom stereocenters. The number of nitrogens with zero attached hydrogens (tertiary/aromatic N) is 2. The highest BCUT2D eigenvalue weighted by atomic mass is 19.1. The molecular weight excluding hydrogens is 267 g/mol. The zero-order chi connectivity index (χ0) is 15.2. The van der Waals surface area contributed by atoms with Crippen LogP contribution in [0.3, 0.4) is 0 Å². The van der Waals surface area contributed by atoms with Crippen molar-refractivity contribution < 1.29 is 9.18 Å². The van der Waals surface area contributed by atoms with Crippen molar-refractivity contribution >= 4 is 5.91 Å². The third-order valence-electron chi connectivity index (χ3n) is 4.40. The Balaban J connectivity index is 1.86. The summed E-state index contributed by atoms with van der Waals surface area (Å²) in [7, 11) is 0. The lowest BCUT2D eigenvalue weighted by Crippen LogP contribution is -2.41. The Morgan fingerprint density at radius 2 is 1.76 bits per heavy atom. The lowest BCUT2D eigenvalue weighted by atomic mass is 9.95. The van der Waals surface area contributed by atoms with Gasteiger partial charge in [-0.1, -0.05) is 13.8 Å². The van der Waals surface area contributed by atoms with Gasteiger partial charge in [0, 0.05) is 25.2 Å². The van der Waals surface area contributed by atoms with Gasteiger partial charge in [0.15, 0.2) is 0 Å². The maximum atomic E-state index is 12.9. The minimum absolute atomic E-state index is 0.0243. The highest BCUT2D eigenvalue weighted by Crippen LogP contribution is 2.20. The zero-order valence-electron chi connectivity index (χ0n) is 13.0. The van der Waals surface area contributed by atoms with Gasteiger partial charge >= 0.3 is 0 Å². The molecule has 1 aromatic carbocycles. The van der Waals surface area contributed by atoms with Crippen LogP contribution >= 0.6 is 0 Å². The molecule has 3 nitrogen and oxygen atoms in total. The third-order valence-corrected chi connectivity index (χ3v) is 4.40. The van der Waals surface area contributed by atoms with Crippen LogP contribution in [-0.4, -0.2) is 48.4 Å². The Hall–Kier alpha value is -1.42. The average molecular weight is 292 g/mol. The molecule has 1 aromatic rings. The van der Waals surface area contributed by atoms with E-state index in [2.05, 4.69) is 18.7 Å². The lowest BCUT2D eigenvalue weighted by molar-refractivity contribution is 0.0669. The minimum atomic E-state index is -0.301. The van der Waals surface area contributed by atoms with Crippen LogP contribution in [0.15, 0.2) is 24.3 Å². The molecular formula is C17H25FN2O. The second-order valence-electron chi connectivity index (χ2n) is 5.73. The predicted molar refractivity (Wildman–Crippen MR) is 82.8 cm³/mol. The number of hydrogen-bond donors (Lipinski definition) is 0. The number of halogens is 1. The molecule has 1 aliphatic rings. The fourth-order valence-electron chi connectivity index (χ4n) is 2.94. The molecule has 0 saturated carbocycles. The average Bonchev–Trinajstić information content (AvgIpc) is 2.53. The maximum absolute atomic E-state index is 12.9. The van der Waals surface area contributed by atoms with E-state index in [1.54, 1.807) is 12.1 Å². The van der Waals surface area contributed by atoms with Crippen molar-refractivity contribution in [3.63, 3.8) is 0 Å². The lowest BCUT2D eigenvalue weighted by Gasteiger charge is -2.34. The van der Waals surface area contributed by atoms with Crippen LogP contribution in [0.5, 0.6) is 0 Å². The first-order valence-corrected chi connectivity index (χ1v) is 7.91. The summed E-state index contributed by atoms with van der Waals surface area (Å²) in [5.74, 6) is 0.405.